The maximum absolute atomic E-state index is 14.4. The van der Waals surface area contributed by atoms with Gasteiger partial charge in [-0.05, 0) is 35.9 Å². The molecule has 8 nitrogen and oxygen atoms in total. The van der Waals surface area contributed by atoms with Crippen LogP contribution in [0.2, 0.25) is 0 Å². The van der Waals surface area contributed by atoms with Gasteiger partial charge in [0.1, 0.15) is 12.1 Å². The van der Waals surface area contributed by atoms with Gasteiger partial charge >= 0.3 is 0 Å². The number of halogens is 1. The predicted octanol–water partition coefficient (Wildman–Crippen LogP) is 2.09. The van der Waals surface area contributed by atoms with Gasteiger partial charge in [-0.1, -0.05) is 12.1 Å². The third-order valence-corrected chi connectivity index (χ3v) is 6.55. The first-order valence-electron chi connectivity index (χ1n) is 9.38. The van der Waals surface area contributed by atoms with E-state index in [0.717, 1.165) is 5.56 Å². The van der Waals surface area contributed by atoms with Crippen LogP contribution in [-0.2, 0) is 16.4 Å². The van der Waals surface area contributed by atoms with Crippen LogP contribution in [0.15, 0.2) is 48.8 Å². The summed E-state index contributed by atoms with van der Waals surface area (Å²) in [5.74, 6) is -0.273. The maximum atomic E-state index is 14.4. The molecule has 1 amide bonds. The quantitative estimate of drug-likeness (QED) is 0.643. The predicted molar refractivity (Wildman–Crippen MR) is 110 cm³/mol. The molecule has 10 heteroatoms. The normalized spacial score (nSPS) is 16.3. The second-order valence-corrected chi connectivity index (χ2v) is 9.41. The van der Waals surface area contributed by atoms with Crippen molar-refractivity contribution in [2.75, 3.05) is 29.9 Å². The zero-order valence-corrected chi connectivity index (χ0v) is 16.8. The second kappa shape index (κ2) is 8.33. The van der Waals surface area contributed by atoms with Crippen LogP contribution in [0.5, 0.6) is 0 Å². The smallest absolute Gasteiger partial charge is 0.255 e. The summed E-state index contributed by atoms with van der Waals surface area (Å²) < 4.78 is 37.6. The summed E-state index contributed by atoms with van der Waals surface area (Å²) in [4.78, 5) is 18.6. The van der Waals surface area contributed by atoms with E-state index in [-0.39, 0.29) is 17.2 Å². The molecule has 0 aliphatic carbocycles. The molecule has 2 aromatic carbocycles. The van der Waals surface area contributed by atoms with Gasteiger partial charge < -0.3 is 5.32 Å². The van der Waals surface area contributed by atoms with E-state index in [9.17, 15) is 17.6 Å². The Morgan fingerprint density at radius 3 is 2.67 bits per heavy atom. The topological polar surface area (TPSA) is 108 Å². The largest absolute Gasteiger partial charge is 0.319 e. The number of carbonyl (C=O) groups is 1. The van der Waals surface area contributed by atoms with E-state index in [4.69, 9.17) is 0 Å². The van der Waals surface area contributed by atoms with Crippen LogP contribution in [0.1, 0.15) is 15.9 Å². The van der Waals surface area contributed by atoms with Crippen molar-refractivity contribution >= 4 is 21.4 Å². The molecule has 0 unspecified atom stereocenters. The molecule has 1 saturated heterocycles. The second-order valence-electron chi connectivity index (χ2n) is 7.11. The molecule has 0 bridgehead atoms. The number of anilines is 1. The number of nitrogens with zero attached hydrogens (tertiary/aromatic N) is 3. The Morgan fingerprint density at radius 1 is 1.17 bits per heavy atom. The number of aromatic amines is 1. The van der Waals surface area contributed by atoms with E-state index in [1.807, 2.05) is 11.0 Å². The van der Waals surface area contributed by atoms with Gasteiger partial charge in [-0.15, -0.1) is 0 Å². The Bertz CT molecular complexity index is 1150. The van der Waals surface area contributed by atoms with Gasteiger partial charge in [-0.3, -0.25) is 14.8 Å². The summed E-state index contributed by atoms with van der Waals surface area (Å²) in [6.07, 6.45) is 1.33. The van der Waals surface area contributed by atoms with Crippen LogP contribution < -0.4 is 5.32 Å². The lowest BCUT2D eigenvalue weighted by Crippen LogP contribution is -2.39. The van der Waals surface area contributed by atoms with E-state index in [1.54, 1.807) is 24.3 Å². The highest BCUT2D eigenvalue weighted by atomic mass is 32.2. The molecule has 1 aliphatic rings. The molecule has 2 heterocycles. The van der Waals surface area contributed by atoms with Gasteiger partial charge in [0, 0.05) is 30.8 Å². The Balaban J connectivity index is 1.43. The number of carbonyl (C=O) groups excluding carboxylic acids is 1. The van der Waals surface area contributed by atoms with E-state index in [2.05, 4.69) is 20.5 Å². The summed E-state index contributed by atoms with van der Waals surface area (Å²) in [6, 6.07) is 11.4. The fraction of sp³-hybridized carbons (Fsp3) is 0.250. The monoisotopic (exact) mass is 429 g/mol. The SMILES string of the molecule is O=C(Nc1ccc(-c2ncn[nH]2)cc1F)c1cccc(CN2CCS(=O)(=O)CC2)c1. The molecule has 0 saturated carbocycles. The standard InChI is InChI=1S/C20H20FN5O3S/c21-17-11-15(19-22-13-23-25-19)4-5-18(17)24-20(27)16-3-1-2-14(10-16)12-26-6-8-30(28,29)9-7-26/h1-5,10-11,13H,6-9,12H2,(H,24,27)(H,22,23,25). The van der Waals surface area contributed by atoms with Gasteiger partial charge in [-0.2, -0.15) is 5.10 Å². The van der Waals surface area contributed by atoms with E-state index in [1.165, 1.54) is 18.5 Å². The molecule has 4 rings (SSSR count). The summed E-state index contributed by atoms with van der Waals surface area (Å²) in [7, 11) is -2.94. The lowest BCUT2D eigenvalue weighted by Gasteiger charge is -2.26. The number of rotatable bonds is 5. The van der Waals surface area contributed by atoms with Crippen molar-refractivity contribution in [1.29, 1.82) is 0 Å². The van der Waals surface area contributed by atoms with E-state index >= 15 is 0 Å². The third kappa shape index (κ3) is 4.71. The van der Waals surface area contributed by atoms with Crippen molar-refractivity contribution in [3.8, 4) is 11.4 Å². The molecular formula is C20H20FN5O3S. The van der Waals surface area contributed by atoms with Crippen molar-refractivity contribution in [3.05, 3.63) is 65.7 Å². The lowest BCUT2D eigenvalue weighted by atomic mass is 10.1. The van der Waals surface area contributed by atoms with Gasteiger partial charge in [0.05, 0.1) is 17.2 Å². The Labute approximate surface area is 173 Å². The fourth-order valence-corrected chi connectivity index (χ4v) is 4.56. The molecule has 1 aromatic heterocycles. The zero-order chi connectivity index (χ0) is 21.1. The highest BCUT2D eigenvalue weighted by Crippen LogP contribution is 2.22. The fourth-order valence-electron chi connectivity index (χ4n) is 3.28. The Kier molecular flexibility index (Phi) is 5.60. The third-order valence-electron chi connectivity index (χ3n) is 4.94. The first kappa shape index (κ1) is 20.2. The van der Waals surface area contributed by atoms with Gasteiger partial charge in [0.15, 0.2) is 15.7 Å². The minimum absolute atomic E-state index is 0.0647. The minimum atomic E-state index is -2.94. The molecule has 1 aliphatic heterocycles. The molecule has 1 fully saturated rings. The Hall–Kier alpha value is -3.11. The van der Waals surface area contributed by atoms with Gasteiger partial charge in [0.25, 0.3) is 5.91 Å². The average Bonchev–Trinajstić information content (AvgIpc) is 3.26. The maximum Gasteiger partial charge on any atom is 0.255 e. The van der Waals surface area contributed by atoms with Crippen LogP contribution in [0.4, 0.5) is 10.1 Å². The van der Waals surface area contributed by atoms with Crippen LogP contribution in [0, 0.1) is 5.82 Å². The zero-order valence-electron chi connectivity index (χ0n) is 16.0. The number of amides is 1. The van der Waals surface area contributed by atoms with Crippen molar-refractivity contribution < 1.29 is 17.6 Å². The van der Waals surface area contributed by atoms with Crippen LogP contribution in [0.3, 0.4) is 0 Å². The summed E-state index contributed by atoms with van der Waals surface area (Å²) in [5.41, 5.74) is 1.88. The number of benzene rings is 2. The number of H-pyrrole nitrogens is 1. The minimum Gasteiger partial charge on any atom is -0.319 e. The van der Waals surface area contributed by atoms with Crippen molar-refractivity contribution in [2.24, 2.45) is 0 Å². The molecule has 0 radical (unpaired) electrons. The molecular weight excluding hydrogens is 409 g/mol. The molecule has 2 N–H and O–H groups in total. The number of nitrogens with one attached hydrogen (secondary N) is 2. The van der Waals surface area contributed by atoms with Crippen molar-refractivity contribution in [1.82, 2.24) is 20.1 Å². The van der Waals surface area contributed by atoms with Crippen LogP contribution in [0.25, 0.3) is 11.4 Å². The van der Waals surface area contributed by atoms with E-state index in [0.29, 0.717) is 36.6 Å². The number of hydrogen-bond acceptors (Lipinski definition) is 6. The van der Waals surface area contributed by atoms with Gasteiger partial charge in [-0.25, -0.2) is 17.8 Å². The molecule has 0 atom stereocenters. The van der Waals surface area contributed by atoms with Crippen molar-refractivity contribution in [2.45, 2.75) is 6.54 Å². The average molecular weight is 429 g/mol. The lowest BCUT2D eigenvalue weighted by molar-refractivity contribution is 0.102. The molecule has 3 aromatic rings. The molecule has 156 valence electrons. The number of hydrogen-bond donors (Lipinski definition) is 2. The summed E-state index contributed by atoms with van der Waals surface area (Å²) >= 11 is 0. The highest BCUT2D eigenvalue weighted by Gasteiger charge is 2.21. The number of sulfone groups is 1. The first-order valence-corrected chi connectivity index (χ1v) is 11.2. The van der Waals surface area contributed by atoms with E-state index < -0.39 is 21.6 Å². The van der Waals surface area contributed by atoms with Crippen molar-refractivity contribution in [3.63, 3.8) is 0 Å². The van der Waals surface area contributed by atoms with Crippen LogP contribution in [-0.4, -0.2) is 59.0 Å². The summed E-state index contributed by atoms with van der Waals surface area (Å²) in [6.45, 7) is 1.50. The molecule has 0 spiro atoms. The highest BCUT2D eigenvalue weighted by molar-refractivity contribution is 7.91. The molecule has 30 heavy (non-hydrogen) atoms. The van der Waals surface area contributed by atoms with Crippen LogP contribution >= 0.6 is 0 Å². The summed E-state index contributed by atoms with van der Waals surface area (Å²) in [5, 5.41) is 8.98. The first-order chi connectivity index (χ1) is 14.4. The Morgan fingerprint density at radius 2 is 1.97 bits per heavy atom. The number of aromatic nitrogens is 3. The van der Waals surface area contributed by atoms with Gasteiger partial charge in [0.2, 0.25) is 0 Å².